The van der Waals surface area contributed by atoms with Crippen LogP contribution in [-0.2, 0) is 0 Å². The van der Waals surface area contributed by atoms with E-state index in [2.05, 4.69) is 9.80 Å². The van der Waals surface area contributed by atoms with Crippen LogP contribution in [-0.4, -0.2) is 62.1 Å². The first-order valence-corrected chi connectivity index (χ1v) is 11.8. The second kappa shape index (κ2) is 10.1. The van der Waals surface area contributed by atoms with E-state index in [4.69, 9.17) is 27.9 Å². The van der Waals surface area contributed by atoms with Crippen LogP contribution in [0, 0.1) is 10.1 Å². The van der Waals surface area contributed by atoms with E-state index in [1.165, 1.54) is 7.11 Å². The number of piperazine rings is 1. The second-order valence-corrected chi connectivity index (χ2v) is 9.04. The molecule has 0 atom stereocenters. The summed E-state index contributed by atoms with van der Waals surface area (Å²) in [5, 5.41) is 12.2. The molecule has 0 bridgehead atoms. The van der Waals surface area contributed by atoms with E-state index >= 15 is 0 Å². The van der Waals surface area contributed by atoms with Crippen LogP contribution in [0.25, 0.3) is 0 Å². The Morgan fingerprint density at radius 1 is 0.939 bits per heavy atom. The fourth-order valence-electron chi connectivity index (χ4n) is 4.48. The predicted molar refractivity (Wildman–Crippen MR) is 130 cm³/mol. The minimum Gasteiger partial charge on any atom is -0.494 e. The quantitative estimate of drug-likeness (QED) is 0.437. The van der Waals surface area contributed by atoms with Crippen molar-refractivity contribution in [1.82, 2.24) is 4.90 Å². The van der Waals surface area contributed by atoms with Crippen LogP contribution in [0.1, 0.15) is 29.6 Å². The van der Waals surface area contributed by atoms with Crippen LogP contribution in [0.4, 0.5) is 17.1 Å². The number of carbonyl (C=O) groups excluding carboxylic acids is 1. The van der Waals surface area contributed by atoms with Gasteiger partial charge in [0.05, 0.1) is 22.1 Å². The highest BCUT2D eigenvalue weighted by atomic mass is 35.5. The van der Waals surface area contributed by atoms with Gasteiger partial charge >= 0.3 is 0 Å². The Labute approximate surface area is 202 Å². The minimum absolute atomic E-state index is 0.140. The number of hydrogen-bond donors (Lipinski definition) is 0. The molecule has 1 amide bonds. The van der Waals surface area contributed by atoms with Gasteiger partial charge < -0.3 is 19.4 Å². The third-order valence-electron chi connectivity index (χ3n) is 6.23. The smallest absolute Gasteiger partial charge is 0.292 e. The lowest BCUT2D eigenvalue weighted by Crippen LogP contribution is -2.48. The van der Waals surface area contributed by atoms with Gasteiger partial charge in [0.2, 0.25) is 0 Å². The molecule has 33 heavy (non-hydrogen) atoms. The van der Waals surface area contributed by atoms with Crippen LogP contribution in [0.5, 0.6) is 5.75 Å². The molecule has 0 spiro atoms. The van der Waals surface area contributed by atoms with Crippen molar-refractivity contribution in [2.24, 2.45) is 0 Å². The third-order valence-corrected chi connectivity index (χ3v) is 6.80. The molecule has 2 heterocycles. The van der Waals surface area contributed by atoms with Crippen LogP contribution in [0.15, 0.2) is 30.3 Å². The summed E-state index contributed by atoms with van der Waals surface area (Å²) in [6.45, 7) is 3.96. The normalized spacial score (nSPS) is 16.6. The van der Waals surface area contributed by atoms with E-state index in [9.17, 15) is 14.9 Å². The third kappa shape index (κ3) is 4.96. The van der Waals surface area contributed by atoms with Crippen molar-refractivity contribution in [2.75, 3.05) is 56.2 Å². The van der Waals surface area contributed by atoms with Crippen LogP contribution < -0.4 is 14.5 Å². The standard InChI is InChI=1S/C23H26Cl2N4O4/c1-33-22-18(24)13-16(14-19(22)25)23(30)28-11-9-26(10-12-28)17-5-6-20(29(31)32)21(15-17)27-7-3-2-4-8-27/h5-6,13-15H,2-4,7-12H2,1H3. The zero-order valence-electron chi connectivity index (χ0n) is 18.4. The summed E-state index contributed by atoms with van der Waals surface area (Å²) < 4.78 is 5.15. The van der Waals surface area contributed by atoms with Gasteiger partial charge in [-0.15, -0.1) is 0 Å². The molecule has 8 nitrogen and oxygen atoms in total. The lowest BCUT2D eigenvalue weighted by Gasteiger charge is -2.37. The molecule has 0 aromatic heterocycles. The highest BCUT2D eigenvalue weighted by molar-refractivity contribution is 6.37. The molecule has 2 aromatic carbocycles. The predicted octanol–water partition coefficient (Wildman–Crippen LogP) is 4.86. The number of benzene rings is 2. The zero-order valence-corrected chi connectivity index (χ0v) is 19.9. The number of amides is 1. The Hall–Kier alpha value is -2.71. The van der Waals surface area contributed by atoms with Gasteiger partial charge in [-0.05, 0) is 43.5 Å². The molecule has 0 aliphatic carbocycles. The van der Waals surface area contributed by atoms with Crippen LogP contribution in [0.3, 0.4) is 0 Å². The average molecular weight is 493 g/mol. The van der Waals surface area contributed by atoms with Crippen molar-refractivity contribution in [1.29, 1.82) is 0 Å². The Morgan fingerprint density at radius 3 is 2.15 bits per heavy atom. The number of nitro benzene ring substituents is 1. The summed E-state index contributed by atoms with van der Waals surface area (Å²) in [6.07, 6.45) is 3.24. The molecule has 4 rings (SSSR count). The first-order valence-electron chi connectivity index (χ1n) is 11.0. The van der Waals surface area contributed by atoms with E-state index in [-0.39, 0.29) is 16.5 Å². The maximum absolute atomic E-state index is 13.0. The van der Waals surface area contributed by atoms with Crippen molar-refractivity contribution in [3.05, 3.63) is 56.1 Å². The van der Waals surface area contributed by atoms with Gasteiger partial charge in [-0.2, -0.15) is 0 Å². The van der Waals surface area contributed by atoms with Crippen LogP contribution >= 0.6 is 23.2 Å². The average Bonchev–Trinajstić information content (AvgIpc) is 2.83. The number of rotatable bonds is 5. The number of hydrogen-bond acceptors (Lipinski definition) is 6. The SMILES string of the molecule is COc1c(Cl)cc(C(=O)N2CCN(c3ccc([N+](=O)[O-])c(N4CCCCC4)c3)CC2)cc1Cl. The van der Waals surface area contributed by atoms with E-state index in [0.29, 0.717) is 53.2 Å². The highest BCUT2D eigenvalue weighted by Crippen LogP contribution is 2.36. The zero-order chi connectivity index (χ0) is 23.5. The number of nitrogens with zero attached hydrogens (tertiary/aromatic N) is 4. The first kappa shape index (κ1) is 23.4. The fraction of sp³-hybridized carbons (Fsp3) is 0.435. The van der Waals surface area contributed by atoms with Crippen molar-refractivity contribution >= 4 is 46.2 Å². The number of carbonyl (C=O) groups is 1. The molecule has 10 heteroatoms. The first-order chi connectivity index (χ1) is 15.9. The lowest BCUT2D eigenvalue weighted by molar-refractivity contribution is -0.384. The molecular weight excluding hydrogens is 467 g/mol. The molecular formula is C23H26Cl2N4O4. The molecule has 0 unspecified atom stereocenters. The number of piperidine rings is 1. The minimum atomic E-state index is -0.310. The molecule has 2 aliphatic rings. The maximum Gasteiger partial charge on any atom is 0.292 e. The second-order valence-electron chi connectivity index (χ2n) is 8.23. The Bertz CT molecular complexity index is 1030. The van der Waals surface area contributed by atoms with Crippen molar-refractivity contribution in [2.45, 2.75) is 19.3 Å². The van der Waals surface area contributed by atoms with Gasteiger partial charge in [-0.25, -0.2) is 0 Å². The van der Waals surface area contributed by atoms with Crippen LogP contribution in [0.2, 0.25) is 10.0 Å². The number of nitro groups is 1. The highest BCUT2D eigenvalue weighted by Gasteiger charge is 2.26. The summed E-state index contributed by atoms with van der Waals surface area (Å²) in [5.74, 6) is 0.209. The van der Waals surface area contributed by atoms with Gasteiger partial charge in [-0.3, -0.25) is 14.9 Å². The summed E-state index contributed by atoms with van der Waals surface area (Å²) in [5.41, 5.74) is 2.17. The summed E-state index contributed by atoms with van der Waals surface area (Å²) >= 11 is 12.4. The lowest BCUT2D eigenvalue weighted by atomic mass is 10.1. The molecule has 176 valence electrons. The van der Waals surface area contributed by atoms with E-state index in [1.54, 1.807) is 29.2 Å². The number of methoxy groups -OCH3 is 1. The van der Waals surface area contributed by atoms with Crippen molar-refractivity contribution in [3.8, 4) is 5.75 Å². The number of ether oxygens (including phenoxy) is 1. The van der Waals surface area contributed by atoms with Gasteiger partial charge in [0.25, 0.3) is 11.6 Å². The molecule has 2 aromatic rings. The van der Waals surface area contributed by atoms with E-state index < -0.39 is 0 Å². The van der Waals surface area contributed by atoms with Gasteiger partial charge in [0, 0.05) is 56.6 Å². The monoisotopic (exact) mass is 492 g/mol. The topological polar surface area (TPSA) is 79.2 Å². The van der Waals surface area contributed by atoms with E-state index in [0.717, 1.165) is 38.0 Å². The molecule has 2 fully saturated rings. The van der Waals surface area contributed by atoms with Gasteiger partial charge in [0.1, 0.15) is 5.69 Å². The molecule has 0 radical (unpaired) electrons. The van der Waals surface area contributed by atoms with Crippen molar-refractivity contribution < 1.29 is 14.5 Å². The summed E-state index contributed by atoms with van der Waals surface area (Å²) in [6, 6.07) is 8.46. The Kier molecular flexibility index (Phi) is 7.14. The number of halogens is 2. The van der Waals surface area contributed by atoms with E-state index in [1.807, 2.05) is 6.07 Å². The molecule has 2 saturated heterocycles. The molecule has 0 saturated carbocycles. The Balaban J connectivity index is 1.47. The molecule has 0 N–H and O–H groups in total. The molecule has 2 aliphatic heterocycles. The summed E-state index contributed by atoms with van der Waals surface area (Å²) in [7, 11) is 1.47. The van der Waals surface area contributed by atoms with Gasteiger partial charge in [0.15, 0.2) is 5.75 Å². The maximum atomic E-state index is 13.0. The fourth-order valence-corrected chi connectivity index (χ4v) is 5.12. The number of anilines is 2. The van der Waals surface area contributed by atoms with Crippen molar-refractivity contribution in [3.63, 3.8) is 0 Å². The van der Waals surface area contributed by atoms with Gasteiger partial charge in [-0.1, -0.05) is 23.2 Å². The summed E-state index contributed by atoms with van der Waals surface area (Å²) in [4.78, 5) is 30.3. The Morgan fingerprint density at radius 2 is 1.58 bits per heavy atom. The largest absolute Gasteiger partial charge is 0.494 e.